The summed E-state index contributed by atoms with van der Waals surface area (Å²) < 4.78 is 41.3. The van der Waals surface area contributed by atoms with Gasteiger partial charge in [-0.05, 0) is 47.9 Å². The molecule has 0 spiro atoms. The van der Waals surface area contributed by atoms with Gasteiger partial charge in [0.25, 0.3) is 0 Å². The second-order valence-corrected chi connectivity index (χ2v) is 7.77. The van der Waals surface area contributed by atoms with Gasteiger partial charge in [0.2, 0.25) is 10.4 Å². The Morgan fingerprint density at radius 3 is 2.46 bits per heavy atom. The number of thiol groups is 1. The number of allylic oxidation sites excluding steroid dienone is 2. The number of rotatable bonds is 6. The van der Waals surface area contributed by atoms with Gasteiger partial charge in [-0.25, -0.2) is 13.2 Å². The second-order valence-electron chi connectivity index (χ2n) is 4.72. The number of carbonyl (C=O) groups is 1. The average molecular weight is 380 g/mol. The molecule has 0 fully saturated rings. The maximum absolute atomic E-state index is 11.9. The molecule has 0 aromatic heterocycles. The van der Waals surface area contributed by atoms with Crippen LogP contribution in [0.15, 0.2) is 51.6 Å². The van der Waals surface area contributed by atoms with E-state index in [9.17, 15) is 17.8 Å². The molecule has 2 rings (SSSR count). The Hall–Kier alpha value is -0.610. The van der Waals surface area contributed by atoms with Crippen molar-refractivity contribution in [2.45, 2.75) is 24.8 Å². The van der Waals surface area contributed by atoms with Crippen molar-refractivity contribution in [2.75, 3.05) is 6.61 Å². The molecule has 24 heavy (non-hydrogen) atoms. The minimum absolute atomic E-state index is 0. The van der Waals surface area contributed by atoms with Crippen molar-refractivity contribution in [3.63, 3.8) is 0 Å². The molecule has 0 amide bonds. The van der Waals surface area contributed by atoms with Gasteiger partial charge in [0.1, 0.15) is 0 Å². The van der Waals surface area contributed by atoms with E-state index in [-0.39, 0.29) is 35.5 Å². The van der Waals surface area contributed by atoms with Crippen molar-refractivity contribution in [1.29, 1.82) is 0 Å². The van der Waals surface area contributed by atoms with E-state index in [0.29, 0.717) is 17.1 Å². The summed E-state index contributed by atoms with van der Waals surface area (Å²) in [4.78, 5) is 13.5. The smallest absolute Gasteiger partial charge is 0.726 e. The summed E-state index contributed by atoms with van der Waals surface area (Å²) in [6.07, 6.45) is 2.70. The Morgan fingerprint density at radius 1 is 1.29 bits per heavy atom. The summed E-state index contributed by atoms with van der Waals surface area (Å²) in [5.74, 6) is -0.332. The Kier molecular flexibility index (Phi) is 8.21. The first-order chi connectivity index (χ1) is 10.8. The zero-order valence-electron chi connectivity index (χ0n) is 13.6. The van der Waals surface area contributed by atoms with Crippen LogP contribution in [-0.4, -0.2) is 25.5 Å². The fourth-order valence-corrected chi connectivity index (χ4v) is 4.43. The third-order valence-corrected chi connectivity index (χ3v) is 5.84. The average Bonchev–Trinajstić information content (AvgIpc) is 2.95. The van der Waals surface area contributed by atoms with Gasteiger partial charge in [-0.15, -0.1) is 0 Å². The van der Waals surface area contributed by atoms with Crippen molar-refractivity contribution in [1.82, 2.24) is 0 Å². The number of benzene rings is 1. The SMILES string of the molecule is CCOC(=O)C1=CC=C[SH]1c1ccc(C(C)OS(=O)(=O)[O-])cc1.[Na+]. The maximum Gasteiger partial charge on any atom is 1.00 e. The molecule has 1 aliphatic rings. The zero-order chi connectivity index (χ0) is 17.0. The number of esters is 1. The van der Waals surface area contributed by atoms with Gasteiger partial charge >= 0.3 is 35.5 Å². The van der Waals surface area contributed by atoms with Crippen LogP contribution in [0.25, 0.3) is 0 Å². The van der Waals surface area contributed by atoms with Gasteiger partial charge in [0.15, 0.2) is 0 Å². The minimum atomic E-state index is -4.75. The summed E-state index contributed by atoms with van der Waals surface area (Å²) in [5.41, 5.74) is 0.563. The Morgan fingerprint density at radius 2 is 1.92 bits per heavy atom. The van der Waals surface area contributed by atoms with E-state index in [2.05, 4.69) is 4.18 Å². The monoisotopic (exact) mass is 380 g/mol. The quantitative estimate of drug-likeness (QED) is 0.237. The van der Waals surface area contributed by atoms with Crippen LogP contribution in [0, 0.1) is 0 Å². The zero-order valence-corrected chi connectivity index (χ0v) is 17.3. The van der Waals surface area contributed by atoms with E-state index in [4.69, 9.17) is 4.74 Å². The summed E-state index contributed by atoms with van der Waals surface area (Å²) in [6.45, 7) is 3.55. The summed E-state index contributed by atoms with van der Waals surface area (Å²) in [5, 5.41) is 1.94. The van der Waals surface area contributed by atoms with Crippen molar-refractivity contribution in [3.8, 4) is 0 Å². The molecule has 1 aliphatic heterocycles. The van der Waals surface area contributed by atoms with E-state index in [1.54, 1.807) is 37.3 Å². The number of ether oxygens (including phenoxy) is 1. The molecule has 0 saturated heterocycles. The number of carbonyl (C=O) groups excluding carboxylic acids is 1. The predicted molar refractivity (Wildman–Crippen MR) is 86.7 cm³/mol. The molecule has 2 unspecified atom stereocenters. The predicted octanol–water partition coefficient (Wildman–Crippen LogP) is -0.437. The molecule has 0 N–H and O–H groups in total. The molecule has 6 nitrogen and oxygen atoms in total. The number of hydrogen-bond acceptors (Lipinski definition) is 6. The molecule has 1 heterocycles. The molecular formula is C15H17NaO6S2. The minimum Gasteiger partial charge on any atom is -0.726 e. The second kappa shape index (κ2) is 9.19. The van der Waals surface area contributed by atoms with Crippen LogP contribution in [0.2, 0.25) is 0 Å². The fourth-order valence-electron chi connectivity index (χ4n) is 2.12. The van der Waals surface area contributed by atoms with Gasteiger partial charge < -0.3 is 9.29 Å². The Balaban J connectivity index is 0.00000288. The van der Waals surface area contributed by atoms with E-state index in [0.717, 1.165) is 4.90 Å². The standard InChI is InChI=1S/C15H18O6S2.Na/c1-3-20-15(16)14-5-4-10-22(14)13-8-6-12(7-9-13)11(2)21-23(17,18)19;/h4-11,22H,3H2,1-2H3,(H,17,18,19);/q;+1/p-1. The van der Waals surface area contributed by atoms with Crippen molar-refractivity contribution >= 4 is 27.3 Å². The van der Waals surface area contributed by atoms with Crippen LogP contribution >= 0.6 is 10.9 Å². The molecule has 9 heteroatoms. The summed E-state index contributed by atoms with van der Waals surface area (Å²) in [6, 6.07) is 6.95. The van der Waals surface area contributed by atoms with E-state index in [1.165, 1.54) is 6.92 Å². The molecule has 0 radical (unpaired) electrons. The first-order valence-electron chi connectivity index (χ1n) is 6.90. The maximum atomic E-state index is 11.9. The number of hydrogen-bond donors (Lipinski definition) is 1. The molecule has 0 aliphatic carbocycles. The van der Waals surface area contributed by atoms with Gasteiger partial charge in [-0.3, -0.25) is 4.18 Å². The Bertz CT molecular complexity index is 740. The third kappa shape index (κ3) is 5.73. The van der Waals surface area contributed by atoms with E-state index >= 15 is 0 Å². The molecule has 1 aromatic rings. The molecule has 126 valence electrons. The molecular weight excluding hydrogens is 363 g/mol. The van der Waals surface area contributed by atoms with Gasteiger partial charge in [-0.1, -0.05) is 18.2 Å². The molecule has 0 saturated carbocycles. The van der Waals surface area contributed by atoms with Gasteiger partial charge in [0.05, 0.1) is 17.6 Å². The van der Waals surface area contributed by atoms with Gasteiger partial charge in [-0.2, -0.15) is 10.9 Å². The van der Waals surface area contributed by atoms with Crippen molar-refractivity contribution < 1.29 is 56.2 Å². The van der Waals surface area contributed by atoms with Crippen molar-refractivity contribution in [2.24, 2.45) is 0 Å². The van der Waals surface area contributed by atoms with E-state index in [1.807, 2.05) is 11.5 Å². The van der Waals surface area contributed by atoms with Crippen LogP contribution in [0.5, 0.6) is 0 Å². The third-order valence-electron chi connectivity index (χ3n) is 3.14. The fraction of sp³-hybridized carbons (Fsp3) is 0.267. The van der Waals surface area contributed by atoms with Crippen LogP contribution in [0.1, 0.15) is 25.5 Å². The van der Waals surface area contributed by atoms with Crippen LogP contribution in [-0.2, 0) is 24.1 Å². The largest absolute Gasteiger partial charge is 1.00 e. The Labute approximate surface area is 166 Å². The van der Waals surface area contributed by atoms with Crippen molar-refractivity contribution in [3.05, 3.63) is 52.3 Å². The summed E-state index contributed by atoms with van der Waals surface area (Å²) >= 11 is 0. The normalized spacial score (nSPS) is 19.3. The topological polar surface area (TPSA) is 92.7 Å². The van der Waals surface area contributed by atoms with Crippen LogP contribution in [0.3, 0.4) is 0 Å². The van der Waals surface area contributed by atoms with Gasteiger partial charge in [0, 0.05) is 0 Å². The van der Waals surface area contributed by atoms with Crippen LogP contribution < -0.4 is 29.6 Å². The molecule has 0 bridgehead atoms. The van der Waals surface area contributed by atoms with E-state index < -0.39 is 27.4 Å². The first kappa shape index (κ1) is 21.4. The first-order valence-corrected chi connectivity index (χ1v) is 9.65. The van der Waals surface area contributed by atoms with Crippen LogP contribution in [0.4, 0.5) is 0 Å². The molecule has 2 atom stereocenters. The molecule has 1 aromatic carbocycles. The summed E-state index contributed by atoms with van der Waals surface area (Å²) in [7, 11) is -5.68.